The third-order valence-corrected chi connectivity index (χ3v) is 2.64. The van der Waals surface area contributed by atoms with Gasteiger partial charge in [-0.05, 0) is 18.2 Å². The predicted octanol–water partition coefficient (Wildman–Crippen LogP) is 1.96. The summed E-state index contributed by atoms with van der Waals surface area (Å²) >= 11 is 0. The summed E-state index contributed by atoms with van der Waals surface area (Å²) in [5.74, 6) is -0.489. The zero-order chi connectivity index (χ0) is 15.4. The Morgan fingerprint density at radius 3 is 2.76 bits per heavy atom. The molecule has 0 bridgehead atoms. The van der Waals surface area contributed by atoms with Gasteiger partial charge < -0.3 is 15.2 Å². The van der Waals surface area contributed by atoms with Crippen molar-refractivity contribution in [2.24, 2.45) is 0 Å². The van der Waals surface area contributed by atoms with E-state index >= 15 is 0 Å². The van der Waals surface area contributed by atoms with Gasteiger partial charge in [0.25, 0.3) is 11.6 Å². The number of anilines is 1. The van der Waals surface area contributed by atoms with Crippen molar-refractivity contribution < 1.29 is 19.6 Å². The van der Waals surface area contributed by atoms with E-state index in [-0.39, 0.29) is 22.7 Å². The molecule has 21 heavy (non-hydrogen) atoms. The number of nitro benzene ring substituents is 1. The van der Waals surface area contributed by atoms with Crippen LogP contribution in [0.25, 0.3) is 0 Å². The molecule has 108 valence electrons. The highest BCUT2D eigenvalue weighted by Crippen LogP contribution is 2.29. The lowest BCUT2D eigenvalue weighted by Crippen LogP contribution is -2.13. The number of carbonyl (C=O) groups excluding carboxylic acids is 1. The van der Waals surface area contributed by atoms with Crippen LogP contribution in [0.15, 0.2) is 36.7 Å². The fourth-order valence-electron chi connectivity index (χ4n) is 1.64. The number of nitrogens with zero attached hydrogens (tertiary/aromatic N) is 2. The van der Waals surface area contributed by atoms with E-state index in [1.165, 1.54) is 43.8 Å². The van der Waals surface area contributed by atoms with E-state index in [9.17, 15) is 20.0 Å². The lowest BCUT2D eigenvalue weighted by Gasteiger charge is -2.07. The zero-order valence-electron chi connectivity index (χ0n) is 10.9. The number of amides is 1. The summed E-state index contributed by atoms with van der Waals surface area (Å²) in [5, 5.41) is 22.7. The van der Waals surface area contributed by atoms with Crippen molar-refractivity contribution in [1.82, 2.24) is 4.98 Å². The molecule has 1 amide bonds. The van der Waals surface area contributed by atoms with E-state index in [1.807, 2.05) is 0 Å². The molecule has 0 atom stereocenters. The van der Waals surface area contributed by atoms with Gasteiger partial charge in [0.05, 0.1) is 29.9 Å². The first-order chi connectivity index (χ1) is 10.0. The van der Waals surface area contributed by atoms with Crippen molar-refractivity contribution >= 4 is 17.3 Å². The number of methoxy groups -OCH3 is 1. The second-order valence-electron chi connectivity index (χ2n) is 4.03. The van der Waals surface area contributed by atoms with E-state index < -0.39 is 10.8 Å². The van der Waals surface area contributed by atoms with Crippen molar-refractivity contribution in [3.05, 3.63) is 52.3 Å². The van der Waals surface area contributed by atoms with Gasteiger partial charge in [0.15, 0.2) is 0 Å². The number of aromatic nitrogens is 1. The molecule has 0 saturated carbocycles. The Balaban J connectivity index is 2.31. The van der Waals surface area contributed by atoms with Gasteiger partial charge >= 0.3 is 0 Å². The van der Waals surface area contributed by atoms with E-state index in [0.717, 1.165) is 0 Å². The molecule has 2 N–H and O–H groups in total. The van der Waals surface area contributed by atoms with Crippen LogP contribution in [0.2, 0.25) is 0 Å². The molecule has 1 aromatic heterocycles. The summed E-state index contributed by atoms with van der Waals surface area (Å²) < 4.78 is 4.91. The third-order valence-electron chi connectivity index (χ3n) is 2.64. The van der Waals surface area contributed by atoms with Crippen LogP contribution >= 0.6 is 0 Å². The zero-order valence-corrected chi connectivity index (χ0v) is 10.9. The minimum absolute atomic E-state index is 0.0224. The van der Waals surface area contributed by atoms with Crippen molar-refractivity contribution in [3.8, 4) is 11.5 Å². The summed E-state index contributed by atoms with van der Waals surface area (Å²) in [7, 11) is 1.38. The molecule has 0 aliphatic heterocycles. The summed E-state index contributed by atoms with van der Waals surface area (Å²) in [6, 6.07) is 5.27. The van der Waals surface area contributed by atoms with Crippen molar-refractivity contribution in [3.63, 3.8) is 0 Å². The minimum atomic E-state index is -0.626. The molecule has 0 saturated heterocycles. The Morgan fingerprint density at radius 1 is 1.38 bits per heavy atom. The fourth-order valence-corrected chi connectivity index (χ4v) is 1.64. The van der Waals surface area contributed by atoms with Crippen LogP contribution < -0.4 is 10.1 Å². The molecule has 0 spiro atoms. The molecule has 1 aromatic carbocycles. The highest BCUT2D eigenvalue weighted by molar-refractivity contribution is 6.05. The summed E-state index contributed by atoms with van der Waals surface area (Å²) in [6.45, 7) is 0. The number of nitrogens with one attached hydrogen (secondary N) is 1. The normalized spacial score (nSPS) is 9.95. The van der Waals surface area contributed by atoms with Crippen LogP contribution in [-0.4, -0.2) is 28.0 Å². The van der Waals surface area contributed by atoms with Gasteiger partial charge in [0, 0.05) is 6.20 Å². The molecule has 8 heteroatoms. The van der Waals surface area contributed by atoms with Crippen molar-refractivity contribution in [2.45, 2.75) is 0 Å². The van der Waals surface area contributed by atoms with Gasteiger partial charge in [-0.3, -0.25) is 19.9 Å². The molecule has 0 radical (unpaired) electrons. The second kappa shape index (κ2) is 5.87. The number of ether oxygens (including phenoxy) is 1. The molecule has 2 rings (SSSR count). The Hall–Kier alpha value is -3.16. The molecule has 0 aliphatic rings. The highest BCUT2D eigenvalue weighted by Gasteiger charge is 2.18. The summed E-state index contributed by atoms with van der Waals surface area (Å²) in [6.07, 6.45) is 2.41. The SMILES string of the molecule is COc1ccc(NC(=O)c2cncc(O)c2)c([N+](=O)[O-])c1. The monoisotopic (exact) mass is 289 g/mol. The van der Waals surface area contributed by atoms with Crippen LogP contribution in [0.5, 0.6) is 11.5 Å². The Morgan fingerprint density at radius 2 is 2.14 bits per heavy atom. The largest absolute Gasteiger partial charge is 0.506 e. The van der Waals surface area contributed by atoms with E-state index in [0.29, 0.717) is 5.75 Å². The van der Waals surface area contributed by atoms with Crippen molar-refractivity contribution in [2.75, 3.05) is 12.4 Å². The van der Waals surface area contributed by atoms with E-state index in [4.69, 9.17) is 4.74 Å². The molecular weight excluding hydrogens is 278 g/mol. The van der Waals surface area contributed by atoms with Crippen LogP contribution in [-0.2, 0) is 0 Å². The van der Waals surface area contributed by atoms with Gasteiger partial charge in [-0.2, -0.15) is 0 Å². The van der Waals surface area contributed by atoms with Gasteiger partial charge in [-0.15, -0.1) is 0 Å². The number of rotatable bonds is 4. The first-order valence-electron chi connectivity index (χ1n) is 5.79. The molecule has 0 fully saturated rings. The molecule has 2 aromatic rings. The van der Waals surface area contributed by atoms with Crippen LogP contribution in [0, 0.1) is 10.1 Å². The van der Waals surface area contributed by atoms with E-state index in [2.05, 4.69) is 10.3 Å². The number of benzene rings is 1. The Labute approximate surface area is 119 Å². The van der Waals surface area contributed by atoms with Gasteiger partial charge in [-0.25, -0.2) is 0 Å². The summed E-state index contributed by atoms with van der Waals surface area (Å²) in [4.78, 5) is 26.0. The smallest absolute Gasteiger partial charge is 0.296 e. The number of hydrogen-bond acceptors (Lipinski definition) is 6. The molecular formula is C13H11N3O5. The molecule has 1 heterocycles. The lowest BCUT2D eigenvalue weighted by molar-refractivity contribution is -0.384. The minimum Gasteiger partial charge on any atom is -0.506 e. The van der Waals surface area contributed by atoms with Crippen LogP contribution in [0.1, 0.15) is 10.4 Å². The predicted molar refractivity (Wildman–Crippen MR) is 73.5 cm³/mol. The average Bonchev–Trinajstić information content (AvgIpc) is 2.47. The fraction of sp³-hybridized carbons (Fsp3) is 0.0769. The first-order valence-corrected chi connectivity index (χ1v) is 5.79. The average molecular weight is 289 g/mol. The van der Waals surface area contributed by atoms with E-state index in [1.54, 1.807) is 0 Å². The van der Waals surface area contributed by atoms with Gasteiger partial charge in [0.1, 0.15) is 17.2 Å². The standard InChI is InChI=1S/C13H11N3O5/c1-21-10-2-3-11(12(5-10)16(19)20)15-13(18)8-4-9(17)7-14-6-8/h2-7,17H,1H3,(H,15,18). The lowest BCUT2D eigenvalue weighted by atomic mass is 10.2. The van der Waals surface area contributed by atoms with Crippen LogP contribution in [0.3, 0.4) is 0 Å². The third kappa shape index (κ3) is 3.24. The molecule has 8 nitrogen and oxygen atoms in total. The number of hydrogen-bond donors (Lipinski definition) is 2. The highest BCUT2D eigenvalue weighted by atomic mass is 16.6. The van der Waals surface area contributed by atoms with Crippen molar-refractivity contribution in [1.29, 1.82) is 0 Å². The number of nitro groups is 1. The maximum atomic E-state index is 12.0. The summed E-state index contributed by atoms with van der Waals surface area (Å²) in [5.41, 5.74) is -0.190. The Kier molecular flexibility index (Phi) is 3.98. The topological polar surface area (TPSA) is 115 Å². The second-order valence-corrected chi connectivity index (χ2v) is 4.03. The maximum Gasteiger partial charge on any atom is 0.296 e. The first kappa shape index (κ1) is 14.3. The van der Waals surface area contributed by atoms with Crippen LogP contribution in [0.4, 0.5) is 11.4 Å². The maximum absolute atomic E-state index is 12.0. The number of carbonyl (C=O) groups is 1. The number of pyridine rings is 1. The molecule has 0 unspecified atom stereocenters. The Bertz CT molecular complexity index is 702. The quantitative estimate of drug-likeness (QED) is 0.656. The van der Waals surface area contributed by atoms with Gasteiger partial charge in [0.2, 0.25) is 0 Å². The van der Waals surface area contributed by atoms with Gasteiger partial charge in [-0.1, -0.05) is 0 Å². The molecule has 0 aliphatic carbocycles. The number of aromatic hydroxyl groups is 1.